The number of anilines is 6. The molecule has 11 rings (SSSR count). The van der Waals surface area contributed by atoms with Crippen molar-refractivity contribution in [3.05, 3.63) is 253 Å². The zero-order valence-electron chi connectivity index (χ0n) is 31.3. The van der Waals surface area contributed by atoms with Gasteiger partial charge in [0.1, 0.15) is 0 Å². The average Bonchev–Trinajstić information content (AvgIpc) is 3.75. The van der Waals surface area contributed by atoms with Crippen molar-refractivity contribution < 1.29 is 0 Å². The molecular weight excluding hydrogens is 689 g/mol. The molecule has 1 unspecified atom stereocenters. The highest BCUT2D eigenvalue weighted by molar-refractivity contribution is 5.98. The highest BCUT2D eigenvalue weighted by atomic mass is 15.1. The van der Waals surface area contributed by atoms with E-state index in [2.05, 4.69) is 240 Å². The van der Waals surface area contributed by atoms with Gasteiger partial charge < -0.3 is 9.80 Å². The first-order valence-corrected chi connectivity index (χ1v) is 19.7. The molecule has 2 heteroatoms. The Morgan fingerprint density at radius 3 is 1.12 bits per heavy atom. The van der Waals surface area contributed by atoms with Gasteiger partial charge in [-0.3, -0.25) is 0 Å². The summed E-state index contributed by atoms with van der Waals surface area (Å²) in [5.41, 5.74) is 19.1. The molecular formula is C55H38N2. The highest BCUT2D eigenvalue weighted by Gasteiger charge is 2.51. The van der Waals surface area contributed by atoms with Crippen molar-refractivity contribution in [3.8, 4) is 33.4 Å². The van der Waals surface area contributed by atoms with E-state index in [9.17, 15) is 0 Å². The molecule has 0 amide bonds. The largest absolute Gasteiger partial charge is 0.310 e. The monoisotopic (exact) mass is 726 g/mol. The van der Waals surface area contributed by atoms with Crippen molar-refractivity contribution in [1.29, 1.82) is 0 Å². The predicted molar refractivity (Wildman–Crippen MR) is 238 cm³/mol. The van der Waals surface area contributed by atoms with Crippen LogP contribution in [-0.4, -0.2) is 0 Å². The Hall–Kier alpha value is -7.42. The summed E-state index contributed by atoms with van der Waals surface area (Å²) in [7, 11) is 0. The van der Waals surface area contributed by atoms with Crippen LogP contribution in [-0.2, 0) is 5.41 Å². The van der Waals surface area contributed by atoms with Crippen molar-refractivity contribution >= 4 is 34.1 Å². The standard InChI is InChI=1S/C55H38N2/c1-5-19-39(20-6-1)45-27-15-18-32-54(45)57(42-25-11-4-12-26-42)44-34-36-53-49(38-44)47-29-14-17-31-51(47)55(53)50-30-16-13-28-46(50)48-37-43(33-35-52(48)55)56(40-21-7-2-8-22-40)41-23-9-3-10-24-41/h1-38H. The van der Waals surface area contributed by atoms with E-state index in [1.54, 1.807) is 0 Å². The first-order valence-electron chi connectivity index (χ1n) is 19.7. The van der Waals surface area contributed by atoms with E-state index in [4.69, 9.17) is 0 Å². The summed E-state index contributed by atoms with van der Waals surface area (Å²) in [5.74, 6) is 0. The van der Waals surface area contributed by atoms with Gasteiger partial charge in [0, 0.05) is 34.0 Å². The van der Waals surface area contributed by atoms with Gasteiger partial charge in [-0.25, -0.2) is 0 Å². The van der Waals surface area contributed by atoms with E-state index in [1.165, 1.54) is 55.6 Å². The average molecular weight is 727 g/mol. The van der Waals surface area contributed by atoms with Crippen LogP contribution in [0.1, 0.15) is 22.3 Å². The zero-order valence-corrected chi connectivity index (χ0v) is 31.3. The molecule has 0 aliphatic heterocycles. The number of benzene rings is 9. The molecule has 9 aromatic rings. The molecule has 2 aliphatic carbocycles. The molecule has 0 N–H and O–H groups in total. The molecule has 0 radical (unpaired) electrons. The molecule has 1 atom stereocenters. The number of hydrogen-bond donors (Lipinski definition) is 0. The molecule has 2 nitrogen and oxygen atoms in total. The molecule has 268 valence electrons. The van der Waals surface area contributed by atoms with Crippen LogP contribution in [0.2, 0.25) is 0 Å². The molecule has 0 fully saturated rings. The number of fused-ring (bicyclic) bond motifs is 10. The normalized spacial score (nSPS) is 14.4. The van der Waals surface area contributed by atoms with E-state index in [0.29, 0.717) is 0 Å². The lowest BCUT2D eigenvalue weighted by atomic mass is 9.70. The molecule has 0 heterocycles. The van der Waals surface area contributed by atoms with Crippen LogP contribution in [0.5, 0.6) is 0 Å². The van der Waals surface area contributed by atoms with Crippen LogP contribution in [0.3, 0.4) is 0 Å². The number of nitrogens with zero attached hydrogens (tertiary/aromatic N) is 2. The Labute approximate surface area is 334 Å². The molecule has 9 aromatic carbocycles. The second-order valence-corrected chi connectivity index (χ2v) is 14.9. The van der Waals surface area contributed by atoms with Gasteiger partial charge in [-0.1, -0.05) is 164 Å². The van der Waals surface area contributed by atoms with E-state index >= 15 is 0 Å². The zero-order chi connectivity index (χ0) is 37.8. The fourth-order valence-corrected chi connectivity index (χ4v) is 9.54. The topological polar surface area (TPSA) is 6.48 Å². The van der Waals surface area contributed by atoms with E-state index in [0.717, 1.165) is 34.1 Å². The predicted octanol–water partition coefficient (Wildman–Crippen LogP) is 14.6. The summed E-state index contributed by atoms with van der Waals surface area (Å²) >= 11 is 0. The second-order valence-electron chi connectivity index (χ2n) is 14.9. The van der Waals surface area contributed by atoms with Gasteiger partial charge in [0.2, 0.25) is 0 Å². The van der Waals surface area contributed by atoms with Gasteiger partial charge in [0.25, 0.3) is 0 Å². The molecule has 1 spiro atoms. The minimum atomic E-state index is -0.460. The Kier molecular flexibility index (Phi) is 7.75. The first kappa shape index (κ1) is 33.0. The maximum absolute atomic E-state index is 2.43. The first-order chi connectivity index (χ1) is 28.3. The summed E-state index contributed by atoms with van der Waals surface area (Å²) in [4.78, 5) is 4.78. The van der Waals surface area contributed by atoms with Gasteiger partial charge >= 0.3 is 0 Å². The van der Waals surface area contributed by atoms with Crippen LogP contribution in [0.25, 0.3) is 33.4 Å². The van der Waals surface area contributed by atoms with Crippen LogP contribution >= 0.6 is 0 Å². The van der Waals surface area contributed by atoms with Gasteiger partial charge in [-0.2, -0.15) is 0 Å². The fourth-order valence-electron chi connectivity index (χ4n) is 9.54. The number of para-hydroxylation sites is 4. The lowest BCUT2D eigenvalue weighted by molar-refractivity contribution is 0.793. The Morgan fingerprint density at radius 1 is 0.246 bits per heavy atom. The van der Waals surface area contributed by atoms with E-state index in [-0.39, 0.29) is 0 Å². The van der Waals surface area contributed by atoms with Gasteiger partial charge in [-0.15, -0.1) is 0 Å². The van der Waals surface area contributed by atoms with Gasteiger partial charge in [0.05, 0.1) is 11.1 Å². The van der Waals surface area contributed by atoms with Gasteiger partial charge in [0.15, 0.2) is 0 Å². The third-order valence-corrected chi connectivity index (χ3v) is 11.8. The molecule has 57 heavy (non-hydrogen) atoms. The van der Waals surface area contributed by atoms with Crippen LogP contribution in [0, 0.1) is 0 Å². The van der Waals surface area contributed by atoms with Crippen molar-refractivity contribution in [2.24, 2.45) is 0 Å². The Bertz CT molecular complexity index is 2860. The summed E-state index contributed by atoms with van der Waals surface area (Å²) in [6.45, 7) is 0. The van der Waals surface area contributed by atoms with E-state index in [1.807, 2.05) is 0 Å². The third-order valence-electron chi connectivity index (χ3n) is 11.8. The number of hydrogen-bond acceptors (Lipinski definition) is 2. The van der Waals surface area contributed by atoms with Gasteiger partial charge in [-0.05, 0) is 117 Å². The van der Waals surface area contributed by atoms with E-state index < -0.39 is 5.41 Å². The smallest absolute Gasteiger partial charge is 0.0725 e. The lowest BCUT2D eigenvalue weighted by Gasteiger charge is -2.32. The third kappa shape index (κ3) is 5.11. The van der Waals surface area contributed by atoms with Crippen molar-refractivity contribution in [1.82, 2.24) is 0 Å². The summed E-state index contributed by atoms with van der Waals surface area (Å²) < 4.78 is 0. The number of rotatable bonds is 7. The quantitative estimate of drug-likeness (QED) is 0.161. The minimum Gasteiger partial charge on any atom is -0.310 e. The highest BCUT2D eigenvalue weighted by Crippen LogP contribution is 2.64. The maximum Gasteiger partial charge on any atom is 0.0725 e. The second kappa shape index (κ2) is 13.4. The molecule has 0 bridgehead atoms. The van der Waals surface area contributed by atoms with Crippen LogP contribution < -0.4 is 9.80 Å². The van der Waals surface area contributed by atoms with Crippen molar-refractivity contribution in [3.63, 3.8) is 0 Å². The van der Waals surface area contributed by atoms with Crippen LogP contribution in [0.4, 0.5) is 34.1 Å². The maximum atomic E-state index is 2.43. The molecule has 0 saturated carbocycles. The summed E-state index contributed by atoms with van der Waals surface area (Å²) in [6.07, 6.45) is 0. The Morgan fingerprint density at radius 2 is 0.614 bits per heavy atom. The minimum absolute atomic E-state index is 0.460. The van der Waals surface area contributed by atoms with Crippen LogP contribution in [0.15, 0.2) is 231 Å². The SMILES string of the molecule is c1ccc(-c2ccccc2N(c2ccccc2)c2ccc3c(c2)-c2ccccc2C32c3ccccc3-c3cc(N(c4ccccc4)c4ccccc4)ccc32)cc1. The lowest BCUT2D eigenvalue weighted by Crippen LogP contribution is -2.26. The summed E-state index contributed by atoms with van der Waals surface area (Å²) in [6, 6.07) is 84.0. The Balaban J connectivity index is 1.13. The molecule has 2 aliphatic rings. The van der Waals surface area contributed by atoms with Crippen molar-refractivity contribution in [2.75, 3.05) is 9.80 Å². The molecule has 0 aromatic heterocycles. The fraction of sp³-hybridized carbons (Fsp3) is 0.0182. The summed E-state index contributed by atoms with van der Waals surface area (Å²) in [5, 5.41) is 0. The molecule has 0 saturated heterocycles. The van der Waals surface area contributed by atoms with Crippen molar-refractivity contribution in [2.45, 2.75) is 5.41 Å².